The molecule has 11 heteroatoms. The van der Waals surface area contributed by atoms with Gasteiger partial charge in [-0.2, -0.15) is 14.5 Å². The van der Waals surface area contributed by atoms with Crippen molar-refractivity contribution in [1.82, 2.24) is 29.8 Å². The summed E-state index contributed by atoms with van der Waals surface area (Å²) in [5.41, 5.74) is 5.97. The minimum atomic E-state index is -1.91. The fourth-order valence-corrected chi connectivity index (χ4v) is 5.18. The second-order valence-electron chi connectivity index (χ2n) is 9.88. The lowest BCUT2D eigenvalue weighted by Gasteiger charge is -2.26. The average molecular weight is 549 g/mol. The van der Waals surface area contributed by atoms with Crippen LogP contribution in [0.3, 0.4) is 0 Å². The smallest absolute Gasteiger partial charge is 0.282 e. The van der Waals surface area contributed by atoms with E-state index >= 15 is 0 Å². The lowest BCUT2D eigenvalue weighted by atomic mass is 9.97. The zero-order valence-corrected chi connectivity index (χ0v) is 23.7. The maximum absolute atomic E-state index is 13.2. The molecule has 2 aromatic carbocycles. The maximum atomic E-state index is 13.2. The monoisotopic (exact) mass is 548 g/mol. The third-order valence-electron chi connectivity index (χ3n) is 6.00. The van der Waals surface area contributed by atoms with Gasteiger partial charge in [-0.3, -0.25) is 4.79 Å². The van der Waals surface area contributed by atoms with Crippen molar-refractivity contribution in [2.45, 2.75) is 39.9 Å². The summed E-state index contributed by atoms with van der Waals surface area (Å²) >= 11 is 6.03. The molecule has 2 aliphatic heterocycles. The molecule has 38 heavy (non-hydrogen) atoms. The Morgan fingerprint density at radius 3 is 2.39 bits per heavy atom. The van der Waals surface area contributed by atoms with Gasteiger partial charge in [-0.05, 0) is 63.3 Å². The Bertz CT molecular complexity index is 1590. The molecule has 1 atom stereocenters. The van der Waals surface area contributed by atoms with Crippen molar-refractivity contribution in [3.8, 4) is 39.3 Å². The van der Waals surface area contributed by atoms with E-state index < -0.39 is 14.7 Å². The number of aromatic nitrogens is 6. The van der Waals surface area contributed by atoms with Gasteiger partial charge in [0, 0.05) is 34.6 Å². The minimum Gasteiger partial charge on any atom is -0.376 e. The molecule has 0 saturated carbocycles. The molecular weight excluding hydrogens is 520 g/mol. The van der Waals surface area contributed by atoms with E-state index in [0.717, 1.165) is 28.1 Å². The highest BCUT2D eigenvalue weighted by Crippen LogP contribution is 2.34. The fraction of sp³-hybridized carbons (Fsp3) is 0.259. The van der Waals surface area contributed by atoms with Crippen LogP contribution in [0.4, 0.5) is 0 Å². The Morgan fingerprint density at radius 1 is 1.05 bits per heavy atom. The van der Waals surface area contributed by atoms with Gasteiger partial charge in [0.05, 0.1) is 23.1 Å². The summed E-state index contributed by atoms with van der Waals surface area (Å²) < 4.78 is 15.2. The van der Waals surface area contributed by atoms with Gasteiger partial charge in [0.2, 0.25) is 0 Å². The topological polar surface area (TPSA) is 99.8 Å². The van der Waals surface area contributed by atoms with E-state index in [2.05, 4.69) is 34.9 Å². The van der Waals surface area contributed by atoms with E-state index in [0.29, 0.717) is 28.6 Å². The van der Waals surface area contributed by atoms with Gasteiger partial charge in [0.25, 0.3) is 12.0 Å². The molecule has 0 aliphatic carbocycles. The standard InChI is InChI=1S/C27H29ClN6O3Si/c1-6-36-27(37-38(3,4)5)34-23(16-30-32-34)18-7-9-19(10-8-18)24-17(2)29-15-22-25(24)31-33(26(22)35)21-13-11-20(28)12-14-21/h7-16,27,29H,6H2,1-5H3. The van der Waals surface area contributed by atoms with Crippen molar-refractivity contribution >= 4 is 19.9 Å². The molecule has 0 bridgehead atoms. The molecule has 1 unspecified atom stereocenters. The van der Waals surface area contributed by atoms with Gasteiger partial charge < -0.3 is 14.1 Å². The Labute approximate surface area is 226 Å². The SMILES string of the molecule is CCOC(O[Si](C)(C)C)n1nncc1-c1ccc(-c2c3nn(-c4ccc(Cl)cc4)c(=O)c-3c[nH]c2C)cc1. The highest BCUT2D eigenvalue weighted by atomic mass is 35.5. The molecule has 1 aromatic heterocycles. The summed E-state index contributed by atoms with van der Waals surface area (Å²) in [7, 11) is -1.91. The average Bonchev–Trinajstić information content (AvgIpc) is 3.49. The molecule has 0 amide bonds. The summed E-state index contributed by atoms with van der Waals surface area (Å²) in [5.74, 6) is 0. The number of hydrogen-bond acceptors (Lipinski definition) is 6. The van der Waals surface area contributed by atoms with E-state index in [1.807, 2.05) is 38.1 Å². The fourth-order valence-electron chi connectivity index (χ4n) is 4.28. The number of pyridine rings is 1. The maximum Gasteiger partial charge on any atom is 0.282 e. The highest BCUT2D eigenvalue weighted by Gasteiger charge is 2.26. The lowest BCUT2D eigenvalue weighted by Crippen LogP contribution is -2.32. The molecule has 1 N–H and O–H groups in total. The van der Waals surface area contributed by atoms with Crippen LogP contribution in [0.25, 0.3) is 39.3 Å². The van der Waals surface area contributed by atoms with Gasteiger partial charge >= 0.3 is 0 Å². The van der Waals surface area contributed by atoms with E-state index in [1.165, 1.54) is 4.68 Å². The third-order valence-corrected chi connectivity index (χ3v) is 7.16. The molecule has 0 spiro atoms. The van der Waals surface area contributed by atoms with Gasteiger partial charge in [-0.1, -0.05) is 41.1 Å². The molecule has 2 aliphatic rings. The number of nitrogens with zero attached hydrogens (tertiary/aromatic N) is 5. The number of ether oxygens (including phenoxy) is 1. The van der Waals surface area contributed by atoms with Crippen LogP contribution in [-0.2, 0) is 9.16 Å². The van der Waals surface area contributed by atoms with Crippen LogP contribution < -0.4 is 5.56 Å². The quantitative estimate of drug-likeness (QED) is 0.191. The predicted molar refractivity (Wildman–Crippen MR) is 150 cm³/mol. The number of hydrogen-bond donors (Lipinski definition) is 1. The first-order valence-electron chi connectivity index (χ1n) is 12.3. The Balaban J connectivity index is 1.53. The van der Waals surface area contributed by atoms with Crippen LogP contribution in [0.5, 0.6) is 0 Å². The van der Waals surface area contributed by atoms with Crippen LogP contribution in [0.2, 0.25) is 24.7 Å². The van der Waals surface area contributed by atoms with Gasteiger partial charge in [0.15, 0.2) is 8.32 Å². The third kappa shape index (κ3) is 5.08. The van der Waals surface area contributed by atoms with E-state index in [1.54, 1.807) is 41.3 Å². The molecule has 3 aromatic rings. The number of H-pyrrole nitrogens is 1. The molecule has 5 rings (SSSR count). The van der Waals surface area contributed by atoms with Crippen LogP contribution in [-0.4, -0.2) is 44.7 Å². The molecule has 0 radical (unpaired) electrons. The summed E-state index contributed by atoms with van der Waals surface area (Å²) in [6, 6.07) is 15.0. The second-order valence-corrected chi connectivity index (χ2v) is 14.8. The largest absolute Gasteiger partial charge is 0.376 e. The first-order chi connectivity index (χ1) is 18.2. The lowest BCUT2D eigenvalue weighted by molar-refractivity contribution is -0.142. The van der Waals surface area contributed by atoms with Crippen molar-refractivity contribution in [3.05, 3.63) is 82.0 Å². The van der Waals surface area contributed by atoms with Gasteiger partial charge in [-0.25, -0.2) is 0 Å². The molecule has 0 saturated heterocycles. The number of aromatic amines is 1. The minimum absolute atomic E-state index is 0.198. The van der Waals surface area contributed by atoms with Crippen molar-refractivity contribution in [2.24, 2.45) is 0 Å². The number of aryl methyl sites for hydroxylation is 1. The summed E-state index contributed by atoms with van der Waals surface area (Å²) in [6.45, 7) is 10.7. The van der Waals surface area contributed by atoms with Gasteiger partial charge in [-0.15, -0.1) is 5.10 Å². The normalized spacial score (nSPS) is 12.8. The Hall–Kier alpha value is -3.57. The number of halogens is 1. The van der Waals surface area contributed by atoms with Crippen LogP contribution >= 0.6 is 11.6 Å². The predicted octanol–water partition coefficient (Wildman–Crippen LogP) is 5.90. The zero-order chi connectivity index (χ0) is 27.0. The van der Waals surface area contributed by atoms with Crippen LogP contribution in [0, 0.1) is 6.92 Å². The first-order valence-corrected chi connectivity index (χ1v) is 16.1. The Morgan fingerprint density at radius 2 is 1.74 bits per heavy atom. The summed E-state index contributed by atoms with van der Waals surface area (Å²) in [4.78, 5) is 16.4. The van der Waals surface area contributed by atoms with Crippen molar-refractivity contribution in [1.29, 1.82) is 0 Å². The summed E-state index contributed by atoms with van der Waals surface area (Å²) in [5, 5.41) is 13.7. The molecule has 9 nitrogen and oxygen atoms in total. The van der Waals surface area contributed by atoms with Crippen molar-refractivity contribution in [2.75, 3.05) is 6.61 Å². The molecule has 0 fully saturated rings. The molecule has 196 valence electrons. The van der Waals surface area contributed by atoms with Crippen LogP contribution in [0.15, 0.2) is 65.7 Å². The highest BCUT2D eigenvalue weighted by molar-refractivity contribution is 6.69. The summed E-state index contributed by atoms with van der Waals surface area (Å²) in [6.07, 6.45) is 2.76. The molecular formula is C27H29ClN6O3Si. The number of nitrogens with one attached hydrogen (secondary N) is 1. The van der Waals surface area contributed by atoms with Crippen LogP contribution in [0.1, 0.15) is 19.0 Å². The number of rotatable bonds is 8. The van der Waals surface area contributed by atoms with E-state index in [9.17, 15) is 4.79 Å². The van der Waals surface area contributed by atoms with Crippen molar-refractivity contribution < 1.29 is 9.16 Å². The Kier molecular flexibility index (Phi) is 7.06. The van der Waals surface area contributed by atoms with Gasteiger partial charge in [0.1, 0.15) is 5.69 Å². The molecule has 3 heterocycles. The number of benzene rings is 2. The second kappa shape index (κ2) is 10.3. The first kappa shape index (κ1) is 26.1. The van der Waals surface area contributed by atoms with E-state index in [-0.39, 0.29) is 5.56 Å². The zero-order valence-electron chi connectivity index (χ0n) is 21.9. The number of fused-ring (bicyclic) bond motifs is 1. The van der Waals surface area contributed by atoms with E-state index in [4.69, 9.17) is 25.9 Å². The van der Waals surface area contributed by atoms with Crippen molar-refractivity contribution in [3.63, 3.8) is 0 Å².